The van der Waals surface area contributed by atoms with Gasteiger partial charge in [-0.05, 0) is 25.6 Å². The summed E-state index contributed by atoms with van der Waals surface area (Å²) in [5, 5.41) is 4.86. The Morgan fingerprint density at radius 2 is 1.92 bits per heavy atom. The number of nitrogens with one attached hydrogen (secondary N) is 1. The highest BCUT2D eigenvalue weighted by Gasteiger charge is 2.18. The summed E-state index contributed by atoms with van der Waals surface area (Å²) in [6, 6.07) is 10.4. The van der Waals surface area contributed by atoms with Crippen molar-refractivity contribution < 1.29 is 4.79 Å². The Morgan fingerprint density at radius 3 is 2.48 bits per heavy atom. The van der Waals surface area contributed by atoms with Crippen LogP contribution in [-0.4, -0.2) is 35.0 Å². The summed E-state index contributed by atoms with van der Waals surface area (Å²) in [4.78, 5) is 26.3. The Hall–Kier alpha value is -1.92. The van der Waals surface area contributed by atoms with E-state index in [-0.39, 0.29) is 16.8 Å². The molecule has 0 spiro atoms. The lowest BCUT2D eigenvalue weighted by Gasteiger charge is -2.30. The summed E-state index contributed by atoms with van der Waals surface area (Å²) in [5.41, 5.74) is 2.12. The van der Waals surface area contributed by atoms with E-state index in [2.05, 4.69) is 36.2 Å². The fourth-order valence-electron chi connectivity index (χ4n) is 2.98. The summed E-state index contributed by atoms with van der Waals surface area (Å²) < 4.78 is 1.66. The topological polar surface area (TPSA) is 54.3 Å². The third-order valence-electron chi connectivity index (χ3n) is 4.47. The number of carbonyl (C=O) groups is 1. The summed E-state index contributed by atoms with van der Waals surface area (Å²) in [5.74, 6) is -0.0226. The number of amides is 1. The molecule has 1 atom stereocenters. The van der Waals surface area contributed by atoms with Crippen LogP contribution in [0, 0.1) is 6.92 Å². The van der Waals surface area contributed by atoms with E-state index < -0.39 is 0 Å². The number of aromatic nitrogens is 1. The Labute approximate surface area is 153 Å². The molecular formula is C19H27N3O2S. The van der Waals surface area contributed by atoms with Crippen molar-refractivity contribution in [2.24, 2.45) is 0 Å². The summed E-state index contributed by atoms with van der Waals surface area (Å²) >= 11 is 1.18. The predicted octanol–water partition coefficient (Wildman–Crippen LogP) is 2.81. The van der Waals surface area contributed by atoms with E-state index in [9.17, 15) is 9.59 Å². The first kappa shape index (κ1) is 19.4. The Kier molecular flexibility index (Phi) is 7.40. The average molecular weight is 362 g/mol. The summed E-state index contributed by atoms with van der Waals surface area (Å²) in [6.07, 6.45) is 0.317. The Balaban J connectivity index is 1.95. The lowest BCUT2D eigenvalue weighted by atomic mass is 10.1. The fraction of sp³-hybridized carbons (Fsp3) is 0.474. The first-order chi connectivity index (χ1) is 12.1. The van der Waals surface area contributed by atoms with Crippen LogP contribution in [0.5, 0.6) is 0 Å². The van der Waals surface area contributed by atoms with Crippen LogP contribution >= 0.6 is 11.3 Å². The maximum Gasteiger partial charge on any atom is 0.307 e. The molecule has 0 saturated heterocycles. The molecule has 1 heterocycles. The van der Waals surface area contributed by atoms with Crippen LogP contribution in [0.15, 0.2) is 40.5 Å². The van der Waals surface area contributed by atoms with Gasteiger partial charge < -0.3 is 9.88 Å². The van der Waals surface area contributed by atoms with Crippen LogP contribution in [0.2, 0.25) is 0 Å². The smallest absolute Gasteiger partial charge is 0.307 e. The van der Waals surface area contributed by atoms with Gasteiger partial charge in [0.05, 0.1) is 6.04 Å². The average Bonchev–Trinajstić information content (AvgIpc) is 2.95. The number of likely N-dealkylation sites (N-methyl/N-ethyl adjacent to an activating group) is 1. The molecular weight excluding hydrogens is 334 g/mol. The second kappa shape index (κ2) is 9.53. The monoisotopic (exact) mass is 361 g/mol. The van der Waals surface area contributed by atoms with Gasteiger partial charge in [0.15, 0.2) is 0 Å². The molecule has 1 unspecified atom stereocenters. The minimum atomic E-state index is -0.0226. The lowest BCUT2D eigenvalue weighted by molar-refractivity contribution is -0.121. The van der Waals surface area contributed by atoms with Gasteiger partial charge in [-0.3, -0.25) is 14.5 Å². The number of thiazole rings is 1. The molecule has 6 heteroatoms. The minimum absolute atomic E-state index is 0.00407. The number of nitrogens with zero attached hydrogens (tertiary/aromatic N) is 2. The number of rotatable bonds is 9. The zero-order valence-electron chi connectivity index (χ0n) is 15.2. The van der Waals surface area contributed by atoms with Crippen LogP contribution in [0.3, 0.4) is 0 Å². The molecule has 1 amide bonds. The molecule has 1 aromatic heterocycles. The summed E-state index contributed by atoms with van der Waals surface area (Å²) in [6.45, 7) is 9.01. The second-order valence-corrected chi connectivity index (χ2v) is 6.82. The maximum atomic E-state index is 12.3. The molecule has 0 aliphatic heterocycles. The van der Waals surface area contributed by atoms with Crippen molar-refractivity contribution in [1.29, 1.82) is 0 Å². The highest BCUT2D eigenvalue weighted by atomic mass is 32.1. The Bertz CT molecular complexity index is 720. The van der Waals surface area contributed by atoms with E-state index in [4.69, 9.17) is 0 Å². The van der Waals surface area contributed by atoms with Gasteiger partial charge in [-0.2, -0.15) is 0 Å². The van der Waals surface area contributed by atoms with E-state index >= 15 is 0 Å². The molecule has 0 fully saturated rings. The molecule has 136 valence electrons. The zero-order chi connectivity index (χ0) is 18.2. The van der Waals surface area contributed by atoms with Crippen molar-refractivity contribution in [3.05, 3.63) is 56.6 Å². The molecule has 0 aliphatic carbocycles. The van der Waals surface area contributed by atoms with Gasteiger partial charge in [0, 0.05) is 30.6 Å². The van der Waals surface area contributed by atoms with Gasteiger partial charge in [0.2, 0.25) is 5.91 Å². The highest BCUT2D eigenvalue weighted by Crippen LogP contribution is 2.19. The van der Waals surface area contributed by atoms with Crippen molar-refractivity contribution in [3.63, 3.8) is 0 Å². The van der Waals surface area contributed by atoms with Gasteiger partial charge in [-0.1, -0.05) is 55.5 Å². The van der Waals surface area contributed by atoms with Gasteiger partial charge in [0.25, 0.3) is 0 Å². The number of aryl methyl sites for hydroxylation is 1. The molecule has 25 heavy (non-hydrogen) atoms. The van der Waals surface area contributed by atoms with E-state index in [1.54, 1.807) is 4.57 Å². The van der Waals surface area contributed by atoms with Crippen LogP contribution in [0.25, 0.3) is 0 Å². The molecule has 1 N–H and O–H groups in total. The largest absolute Gasteiger partial charge is 0.354 e. The van der Waals surface area contributed by atoms with E-state index in [0.29, 0.717) is 19.5 Å². The molecule has 0 bridgehead atoms. The molecule has 0 radical (unpaired) electrons. The van der Waals surface area contributed by atoms with Crippen LogP contribution in [0.1, 0.15) is 37.6 Å². The Morgan fingerprint density at radius 1 is 1.24 bits per heavy atom. The van der Waals surface area contributed by atoms with Gasteiger partial charge in [-0.25, -0.2) is 0 Å². The lowest BCUT2D eigenvalue weighted by Crippen LogP contribution is -2.38. The summed E-state index contributed by atoms with van der Waals surface area (Å²) in [7, 11) is 0. The van der Waals surface area contributed by atoms with Gasteiger partial charge in [-0.15, -0.1) is 0 Å². The number of carbonyl (C=O) groups excluding carboxylic acids is 1. The van der Waals surface area contributed by atoms with Crippen LogP contribution < -0.4 is 10.2 Å². The SMILES string of the molecule is CCN(CC)C(CNC(=O)CCn1c(C)csc1=O)c1ccccc1. The molecule has 5 nitrogen and oxygen atoms in total. The number of benzene rings is 1. The van der Waals surface area contributed by atoms with Crippen LogP contribution in [0.4, 0.5) is 0 Å². The molecule has 0 aliphatic rings. The fourth-order valence-corrected chi connectivity index (χ4v) is 3.75. The molecule has 2 aromatic rings. The van der Waals surface area contributed by atoms with Crippen molar-refractivity contribution >= 4 is 17.2 Å². The first-order valence-electron chi connectivity index (χ1n) is 8.77. The predicted molar refractivity (Wildman–Crippen MR) is 103 cm³/mol. The van der Waals surface area contributed by atoms with Gasteiger partial charge >= 0.3 is 4.87 Å². The third-order valence-corrected chi connectivity index (χ3v) is 5.35. The molecule has 2 rings (SSSR count). The third kappa shape index (κ3) is 5.28. The maximum absolute atomic E-state index is 12.3. The number of hydrogen-bond donors (Lipinski definition) is 1. The quantitative estimate of drug-likeness (QED) is 0.747. The minimum Gasteiger partial charge on any atom is -0.354 e. The molecule has 1 aromatic carbocycles. The van der Waals surface area contributed by atoms with E-state index in [0.717, 1.165) is 18.8 Å². The second-order valence-electron chi connectivity index (χ2n) is 6.00. The molecule has 0 saturated carbocycles. The van der Waals surface area contributed by atoms with Crippen molar-refractivity contribution in [2.75, 3.05) is 19.6 Å². The van der Waals surface area contributed by atoms with Crippen LogP contribution in [-0.2, 0) is 11.3 Å². The zero-order valence-corrected chi connectivity index (χ0v) is 16.0. The first-order valence-corrected chi connectivity index (χ1v) is 9.65. The van der Waals surface area contributed by atoms with E-state index in [1.165, 1.54) is 16.9 Å². The van der Waals surface area contributed by atoms with Crippen molar-refractivity contribution in [2.45, 2.75) is 39.8 Å². The standard InChI is InChI=1S/C19H27N3O2S/c1-4-21(5-2)17(16-9-7-6-8-10-16)13-20-18(23)11-12-22-15(3)14-25-19(22)24/h6-10,14,17H,4-5,11-13H2,1-3H3,(H,20,23). The van der Waals surface area contributed by atoms with Crippen molar-refractivity contribution in [3.8, 4) is 0 Å². The van der Waals surface area contributed by atoms with E-state index in [1.807, 2.05) is 30.5 Å². The highest BCUT2D eigenvalue weighted by molar-refractivity contribution is 7.07. The normalized spacial score (nSPS) is 12.3. The van der Waals surface area contributed by atoms with Crippen molar-refractivity contribution in [1.82, 2.24) is 14.8 Å². The van der Waals surface area contributed by atoms with Gasteiger partial charge in [0.1, 0.15) is 0 Å². The number of hydrogen-bond acceptors (Lipinski definition) is 4.